The lowest BCUT2D eigenvalue weighted by molar-refractivity contribution is -0.151. The highest BCUT2D eigenvalue weighted by molar-refractivity contribution is 5.99. The van der Waals surface area contributed by atoms with Crippen LogP contribution in [0.15, 0.2) is 0 Å². The first kappa shape index (κ1) is 11.8. The van der Waals surface area contributed by atoms with Gasteiger partial charge in [-0.2, -0.15) is 0 Å². The van der Waals surface area contributed by atoms with Crippen molar-refractivity contribution in [1.82, 2.24) is 0 Å². The number of rotatable bonds is 2. The molecule has 1 rings (SSSR count). The Morgan fingerprint density at radius 2 is 2.33 bits per heavy atom. The first-order valence-electron chi connectivity index (χ1n) is 5.24. The van der Waals surface area contributed by atoms with E-state index >= 15 is 0 Å². The number of ether oxygens (including phenoxy) is 1. The summed E-state index contributed by atoms with van der Waals surface area (Å²) in [4.78, 5) is 23.2. The molecule has 1 saturated carbocycles. The highest BCUT2D eigenvalue weighted by Gasteiger charge is 2.36. The zero-order chi connectivity index (χ0) is 11.3. The van der Waals surface area contributed by atoms with Crippen LogP contribution in [0.4, 0.5) is 0 Å². The number of terminal acetylenes is 1. The van der Waals surface area contributed by atoms with Crippen LogP contribution in [0.2, 0.25) is 0 Å². The second kappa shape index (κ2) is 5.55. The summed E-state index contributed by atoms with van der Waals surface area (Å²) in [5, 5.41) is 0. The van der Waals surface area contributed by atoms with E-state index in [-0.39, 0.29) is 11.7 Å². The molecule has 2 atom stereocenters. The number of Topliss-reactive ketones (excluding diaryl/α,β-unsaturated/α-hetero) is 1. The van der Waals surface area contributed by atoms with E-state index in [9.17, 15) is 9.59 Å². The molecule has 3 nitrogen and oxygen atoms in total. The number of ketones is 1. The van der Waals surface area contributed by atoms with Gasteiger partial charge in [0.1, 0.15) is 11.7 Å². The Morgan fingerprint density at radius 1 is 1.60 bits per heavy atom. The first-order chi connectivity index (χ1) is 7.20. The SMILES string of the molecule is C#CCC1CCCCC(=O)C1C(=O)OC. The van der Waals surface area contributed by atoms with Crippen molar-refractivity contribution in [1.29, 1.82) is 0 Å². The van der Waals surface area contributed by atoms with Gasteiger partial charge in [-0.1, -0.05) is 6.42 Å². The van der Waals surface area contributed by atoms with Gasteiger partial charge in [0.15, 0.2) is 0 Å². The molecule has 1 aliphatic carbocycles. The molecule has 82 valence electrons. The molecule has 1 aliphatic rings. The molecule has 0 aromatic rings. The highest BCUT2D eigenvalue weighted by atomic mass is 16.5. The number of hydrogen-bond acceptors (Lipinski definition) is 3. The smallest absolute Gasteiger partial charge is 0.316 e. The number of carbonyl (C=O) groups is 2. The quantitative estimate of drug-likeness (QED) is 0.299. The molecule has 3 heteroatoms. The van der Waals surface area contributed by atoms with Crippen LogP contribution in [-0.2, 0) is 14.3 Å². The topological polar surface area (TPSA) is 43.4 Å². The maximum Gasteiger partial charge on any atom is 0.316 e. The molecule has 0 radical (unpaired) electrons. The fraction of sp³-hybridized carbons (Fsp3) is 0.667. The Balaban J connectivity index is 2.84. The molecule has 0 aromatic carbocycles. The molecular weight excluding hydrogens is 192 g/mol. The molecular formula is C12H16O3. The molecule has 15 heavy (non-hydrogen) atoms. The van der Waals surface area contributed by atoms with E-state index < -0.39 is 11.9 Å². The van der Waals surface area contributed by atoms with Crippen LogP contribution in [0, 0.1) is 24.2 Å². The van der Waals surface area contributed by atoms with Crippen LogP contribution in [0.1, 0.15) is 32.1 Å². The molecule has 1 fully saturated rings. The predicted octanol–water partition coefficient (Wildman–Crippen LogP) is 1.56. The monoisotopic (exact) mass is 208 g/mol. The summed E-state index contributed by atoms with van der Waals surface area (Å²) < 4.78 is 4.66. The van der Waals surface area contributed by atoms with Gasteiger partial charge in [0, 0.05) is 12.8 Å². The van der Waals surface area contributed by atoms with Crippen molar-refractivity contribution >= 4 is 11.8 Å². The van der Waals surface area contributed by atoms with Crippen molar-refractivity contribution in [3.05, 3.63) is 0 Å². The highest BCUT2D eigenvalue weighted by Crippen LogP contribution is 2.29. The van der Waals surface area contributed by atoms with Crippen molar-refractivity contribution in [3.63, 3.8) is 0 Å². The first-order valence-corrected chi connectivity index (χ1v) is 5.24. The van der Waals surface area contributed by atoms with E-state index in [4.69, 9.17) is 6.42 Å². The molecule has 0 spiro atoms. The van der Waals surface area contributed by atoms with E-state index in [1.807, 2.05) is 0 Å². The lowest BCUT2D eigenvalue weighted by atomic mass is 9.85. The van der Waals surface area contributed by atoms with Gasteiger partial charge in [-0.05, 0) is 18.8 Å². The fourth-order valence-corrected chi connectivity index (χ4v) is 2.11. The Kier molecular flexibility index (Phi) is 4.36. The number of methoxy groups -OCH3 is 1. The summed E-state index contributed by atoms with van der Waals surface area (Å²) in [7, 11) is 1.31. The van der Waals surface area contributed by atoms with Crippen molar-refractivity contribution in [3.8, 4) is 12.3 Å². The summed E-state index contributed by atoms with van der Waals surface area (Å²) in [6.45, 7) is 0. The third kappa shape index (κ3) is 2.82. The zero-order valence-electron chi connectivity index (χ0n) is 8.99. The average Bonchev–Trinajstić information content (AvgIpc) is 2.40. The number of carbonyl (C=O) groups excluding carboxylic acids is 2. The minimum Gasteiger partial charge on any atom is -0.468 e. The Bertz CT molecular complexity index is 288. The second-order valence-electron chi connectivity index (χ2n) is 3.88. The van der Waals surface area contributed by atoms with Gasteiger partial charge < -0.3 is 4.74 Å². The van der Waals surface area contributed by atoms with E-state index in [0.29, 0.717) is 12.8 Å². The van der Waals surface area contributed by atoms with Crippen molar-refractivity contribution < 1.29 is 14.3 Å². The van der Waals surface area contributed by atoms with Gasteiger partial charge in [0.25, 0.3) is 0 Å². The number of esters is 1. The Labute approximate surface area is 90.2 Å². The second-order valence-corrected chi connectivity index (χ2v) is 3.88. The van der Waals surface area contributed by atoms with E-state index in [1.165, 1.54) is 7.11 Å². The molecule has 0 bridgehead atoms. The van der Waals surface area contributed by atoms with Crippen molar-refractivity contribution in [2.75, 3.05) is 7.11 Å². The van der Waals surface area contributed by atoms with Crippen LogP contribution in [0.5, 0.6) is 0 Å². The maximum atomic E-state index is 11.7. The predicted molar refractivity (Wildman–Crippen MR) is 55.9 cm³/mol. The average molecular weight is 208 g/mol. The lowest BCUT2D eigenvalue weighted by Gasteiger charge is -2.19. The normalized spacial score (nSPS) is 26.5. The van der Waals surface area contributed by atoms with Gasteiger partial charge in [-0.15, -0.1) is 12.3 Å². The Hall–Kier alpha value is -1.30. The van der Waals surface area contributed by atoms with E-state index in [0.717, 1.165) is 19.3 Å². The third-order valence-electron chi connectivity index (χ3n) is 2.90. The zero-order valence-corrected chi connectivity index (χ0v) is 8.99. The minimum absolute atomic E-state index is 0.0143. The summed E-state index contributed by atoms with van der Waals surface area (Å²) in [6, 6.07) is 0. The van der Waals surface area contributed by atoms with Crippen molar-refractivity contribution in [2.45, 2.75) is 32.1 Å². The minimum atomic E-state index is -0.631. The standard InChI is InChI=1S/C12H16O3/c1-3-6-9-7-4-5-8-10(13)11(9)12(14)15-2/h1,9,11H,4-8H2,2H3. The molecule has 0 amide bonds. The molecule has 2 unspecified atom stereocenters. The van der Waals surface area contributed by atoms with Crippen LogP contribution in [0.25, 0.3) is 0 Å². The van der Waals surface area contributed by atoms with Gasteiger partial charge in [0.05, 0.1) is 7.11 Å². The summed E-state index contributed by atoms with van der Waals surface area (Å²) in [5.74, 6) is 1.43. The Morgan fingerprint density at radius 3 is 2.93 bits per heavy atom. The van der Waals surface area contributed by atoms with Gasteiger partial charge >= 0.3 is 5.97 Å². The molecule has 0 aliphatic heterocycles. The van der Waals surface area contributed by atoms with E-state index in [1.54, 1.807) is 0 Å². The summed E-state index contributed by atoms with van der Waals surface area (Å²) >= 11 is 0. The molecule has 0 aromatic heterocycles. The third-order valence-corrected chi connectivity index (χ3v) is 2.90. The lowest BCUT2D eigenvalue weighted by Crippen LogP contribution is -2.31. The van der Waals surface area contributed by atoms with Crippen LogP contribution in [0.3, 0.4) is 0 Å². The molecule has 0 N–H and O–H groups in total. The van der Waals surface area contributed by atoms with Crippen LogP contribution in [-0.4, -0.2) is 18.9 Å². The van der Waals surface area contributed by atoms with E-state index in [2.05, 4.69) is 10.7 Å². The largest absolute Gasteiger partial charge is 0.468 e. The number of hydrogen-bond donors (Lipinski definition) is 0. The summed E-state index contributed by atoms with van der Waals surface area (Å²) in [5.41, 5.74) is 0. The van der Waals surface area contributed by atoms with Gasteiger partial charge in [0.2, 0.25) is 0 Å². The van der Waals surface area contributed by atoms with Crippen LogP contribution < -0.4 is 0 Å². The maximum absolute atomic E-state index is 11.7. The molecule has 0 heterocycles. The van der Waals surface area contributed by atoms with Gasteiger partial charge in [-0.25, -0.2) is 0 Å². The van der Waals surface area contributed by atoms with Gasteiger partial charge in [-0.3, -0.25) is 9.59 Å². The van der Waals surface area contributed by atoms with Crippen LogP contribution >= 0.6 is 0 Å². The summed E-state index contributed by atoms with van der Waals surface area (Å²) in [6.07, 6.45) is 8.86. The van der Waals surface area contributed by atoms with Crippen molar-refractivity contribution in [2.24, 2.45) is 11.8 Å². The fourth-order valence-electron chi connectivity index (χ4n) is 2.11. The molecule has 0 saturated heterocycles.